The van der Waals surface area contributed by atoms with E-state index in [2.05, 4.69) is 34.9 Å². The molecular weight excluding hydrogens is 496 g/mol. The zero-order valence-electron chi connectivity index (χ0n) is 22.4. The van der Waals surface area contributed by atoms with Crippen molar-refractivity contribution in [2.75, 3.05) is 18.5 Å². The first-order chi connectivity index (χ1) is 18.3. The smallest absolute Gasteiger partial charge is 0.227 e. The molecule has 0 radical (unpaired) electrons. The normalized spacial score (nSPS) is 13.6. The molecule has 198 valence electrons. The zero-order chi connectivity index (χ0) is 26.7. The first-order valence-corrected chi connectivity index (χ1v) is 16.8. The lowest BCUT2D eigenvalue weighted by molar-refractivity contribution is -0.117. The molecule has 2 heterocycles. The number of benzene rings is 2. The van der Waals surface area contributed by atoms with Crippen LogP contribution in [0.3, 0.4) is 0 Å². The van der Waals surface area contributed by atoms with E-state index in [1.165, 1.54) is 6.33 Å². The van der Waals surface area contributed by atoms with Crippen LogP contribution in [0.1, 0.15) is 19.8 Å². The van der Waals surface area contributed by atoms with Gasteiger partial charge in [0.05, 0.1) is 17.8 Å². The Bertz CT molecular complexity index is 1430. The van der Waals surface area contributed by atoms with E-state index in [0.29, 0.717) is 47.2 Å². The number of fused-ring (bicyclic) bond motifs is 1. The van der Waals surface area contributed by atoms with Gasteiger partial charge >= 0.3 is 0 Å². The molecule has 1 N–H and O–H groups in total. The van der Waals surface area contributed by atoms with Gasteiger partial charge in [0.25, 0.3) is 0 Å². The summed E-state index contributed by atoms with van der Waals surface area (Å²) in [4.78, 5) is 23.3. The Hall–Kier alpha value is -3.63. The number of amides is 1. The maximum absolute atomic E-state index is 12.6. The molecule has 0 unspecified atom stereocenters. The summed E-state index contributed by atoms with van der Waals surface area (Å²) >= 11 is 0. The van der Waals surface area contributed by atoms with Crippen LogP contribution in [0.5, 0.6) is 5.75 Å². The highest BCUT2D eigenvalue weighted by molar-refractivity contribution is 6.76. The summed E-state index contributed by atoms with van der Waals surface area (Å²) in [7, 11) is -1.20. The van der Waals surface area contributed by atoms with E-state index in [1.54, 1.807) is 4.80 Å². The predicted octanol–water partition coefficient (Wildman–Crippen LogP) is 5.61. The SMILES string of the molecule is CCOc1cc2ncnc(-c3nn(COCC[Si](C)(C)C)nc3-c3ccccc3)c2cc1NC(=O)C1CC1. The molecule has 10 heteroatoms. The van der Waals surface area contributed by atoms with Gasteiger partial charge in [0.2, 0.25) is 5.91 Å². The van der Waals surface area contributed by atoms with Crippen LogP contribution in [0.25, 0.3) is 33.5 Å². The minimum Gasteiger partial charge on any atom is -0.492 e. The molecule has 4 aromatic rings. The maximum Gasteiger partial charge on any atom is 0.227 e. The van der Waals surface area contributed by atoms with Gasteiger partial charge in [-0.05, 0) is 31.9 Å². The highest BCUT2D eigenvalue weighted by atomic mass is 28.3. The van der Waals surface area contributed by atoms with Crippen molar-refractivity contribution in [3.05, 3.63) is 48.8 Å². The van der Waals surface area contributed by atoms with Crippen molar-refractivity contribution in [3.63, 3.8) is 0 Å². The van der Waals surface area contributed by atoms with Gasteiger partial charge < -0.3 is 14.8 Å². The number of carbonyl (C=O) groups is 1. The molecule has 0 atom stereocenters. The largest absolute Gasteiger partial charge is 0.492 e. The fraction of sp³-hybridized carbons (Fsp3) is 0.393. The number of carbonyl (C=O) groups excluding carboxylic acids is 1. The summed E-state index contributed by atoms with van der Waals surface area (Å²) < 4.78 is 11.8. The lowest BCUT2D eigenvalue weighted by Gasteiger charge is -2.15. The second-order valence-electron chi connectivity index (χ2n) is 10.8. The maximum atomic E-state index is 12.6. The monoisotopic (exact) mass is 530 g/mol. The summed E-state index contributed by atoms with van der Waals surface area (Å²) in [6.45, 7) is 10.3. The van der Waals surface area contributed by atoms with Gasteiger partial charge in [0.1, 0.15) is 29.2 Å². The lowest BCUT2D eigenvalue weighted by atomic mass is 10.0. The van der Waals surface area contributed by atoms with Crippen LogP contribution in [0.15, 0.2) is 48.8 Å². The topological polar surface area (TPSA) is 104 Å². The molecule has 0 bridgehead atoms. The van der Waals surface area contributed by atoms with Crippen molar-refractivity contribution < 1.29 is 14.3 Å². The molecule has 38 heavy (non-hydrogen) atoms. The summed E-state index contributed by atoms with van der Waals surface area (Å²) in [5.74, 6) is 0.661. The lowest BCUT2D eigenvalue weighted by Crippen LogP contribution is -2.22. The number of aromatic nitrogens is 5. The summed E-state index contributed by atoms with van der Waals surface area (Å²) in [6.07, 6.45) is 3.36. The molecule has 1 aliphatic carbocycles. The van der Waals surface area contributed by atoms with Gasteiger partial charge in [-0.2, -0.15) is 9.90 Å². The quantitative estimate of drug-likeness (QED) is 0.198. The predicted molar refractivity (Wildman–Crippen MR) is 151 cm³/mol. The number of ether oxygens (including phenoxy) is 2. The third kappa shape index (κ3) is 6.08. The molecule has 1 fully saturated rings. The van der Waals surface area contributed by atoms with Crippen molar-refractivity contribution in [1.82, 2.24) is 25.0 Å². The molecule has 9 nitrogen and oxygen atoms in total. The Morgan fingerprint density at radius 2 is 1.82 bits per heavy atom. The van der Waals surface area contributed by atoms with Crippen molar-refractivity contribution in [1.29, 1.82) is 0 Å². The number of nitrogens with zero attached hydrogens (tertiary/aromatic N) is 5. The Morgan fingerprint density at radius 3 is 2.53 bits per heavy atom. The van der Waals surface area contributed by atoms with E-state index in [0.717, 1.165) is 29.8 Å². The average Bonchev–Trinajstić information content (AvgIpc) is 3.67. The molecule has 0 aliphatic heterocycles. The van der Waals surface area contributed by atoms with Crippen molar-refractivity contribution in [2.24, 2.45) is 5.92 Å². The van der Waals surface area contributed by atoms with E-state index in [4.69, 9.17) is 19.7 Å². The van der Waals surface area contributed by atoms with Crippen molar-refractivity contribution >= 4 is 30.6 Å². The van der Waals surface area contributed by atoms with E-state index in [-0.39, 0.29) is 18.6 Å². The second-order valence-corrected chi connectivity index (χ2v) is 16.4. The van der Waals surface area contributed by atoms with Crippen LogP contribution < -0.4 is 10.1 Å². The van der Waals surface area contributed by atoms with Crippen LogP contribution in [-0.2, 0) is 16.3 Å². The zero-order valence-corrected chi connectivity index (χ0v) is 23.4. The molecular formula is C28H34N6O3Si. The third-order valence-electron chi connectivity index (χ3n) is 6.37. The minimum atomic E-state index is -1.20. The first-order valence-electron chi connectivity index (χ1n) is 13.1. The van der Waals surface area contributed by atoms with Crippen molar-refractivity contribution in [2.45, 2.75) is 52.2 Å². The van der Waals surface area contributed by atoms with Gasteiger partial charge in [-0.1, -0.05) is 50.0 Å². The molecule has 0 saturated heterocycles. The number of nitrogens with one attached hydrogen (secondary N) is 1. The Labute approximate surface area is 223 Å². The van der Waals surface area contributed by atoms with Crippen LogP contribution in [0.2, 0.25) is 25.7 Å². The highest BCUT2D eigenvalue weighted by Crippen LogP contribution is 2.38. The van der Waals surface area contributed by atoms with Crippen LogP contribution in [0.4, 0.5) is 5.69 Å². The van der Waals surface area contributed by atoms with E-state index in [9.17, 15) is 4.79 Å². The van der Waals surface area contributed by atoms with Gasteiger partial charge in [-0.25, -0.2) is 9.97 Å². The molecule has 5 rings (SSSR count). The van der Waals surface area contributed by atoms with Gasteiger partial charge in [-0.3, -0.25) is 4.79 Å². The van der Waals surface area contributed by atoms with Gasteiger partial charge in [0, 0.05) is 37.6 Å². The fourth-order valence-electron chi connectivity index (χ4n) is 4.11. The van der Waals surface area contributed by atoms with E-state index < -0.39 is 8.07 Å². The second kappa shape index (κ2) is 11.0. The van der Waals surface area contributed by atoms with Crippen LogP contribution in [0, 0.1) is 5.92 Å². The van der Waals surface area contributed by atoms with Gasteiger partial charge in [-0.15, -0.1) is 5.10 Å². The van der Waals surface area contributed by atoms with E-state index in [1.807, 2.05) is 49.4 Å². The summed E-state index contributed by atoms with van der Waals surface area (Å²) in [5.41, 5.74) is 4.19. The van der Waals surface area contributed by atoms with Crippen molar-refractivity contribution in [3.8, 4) is 28.4 Å². The number of hydrogen-bond donors (Lipinski definition) is 1. The molecule has 0 spiro atoms. The highest BCUT2D eigenvalue weighted by Gasteiger charge is 2.30. The van der Waals surface area contributed by atoms with E-state index >= 15 is 0 Å². The summed E-state index contributed by atoms with van der Waals surface area (Å²) in [5, 5.41) is 13.4. The standard InChI is InChI=1S/C28H34N6O3Si/c1-5-37-24-16-22-21(15-23(24)31-28(35)20-11-12-20)26(30-17-29-22)27-25(19-9-7-6-8-10-19)32-34(33-27)18-36-13-14-38(2,3)4/h6-10,15-17,20H,5,11-14,18H2,1-4H3,(H,31,35). The summed E-state index contributed by atoms with van der Waals surface area (Å²) in [6, 6.07) is 14.7. The Morgan fingerprint density at radius 1 is 1.05 bits per heavy atom. The first kappa shape index (κ1) is 26.0. The number of hydrogen-bond acceptors (Lipinski definition) is 7. The Balaban J connectivity index is 1.56. The van der Waals surface area contributed by atoms with Gasteiger partial charge in [0.15, 0.2) is 6.73 Å². The molecule has 2 aromatic heterocycles. The van der Waals surface area contributed by atoms with Crippen LogP contribution >= 0.6 is 0 Å². The van der Waals surface area contributed by atoms with Crippen LogP contribution in [-0.4, -0.2) is 52.2 Å². The third-order valence-corrected chi connectivity index (χ3v) is 8.08. The molecule has 2 aromatic carbocycles. The minimum absolute atomic E-state index is 0.00934. The average molecular weight is 531 g/mol. The number of rotatable bonds is 11. The molecule has 1 saturated carbocycles. The Kier molecular flexibility index (Phi) is 7.53. The fourth-order valence-corrected chi connectivity index (χ4v) is 4.86. The number of anilines is 1. The molecule has 1 amide bonds. The molecule has 1 aliphatic rings.